The molecule has 1 N–H and O–H groups in total. The topological polar surface area (TPSA) is 56.7 Å². The molecule has 0 aliphatic carbocycles. The van der Waals surface area contributed by atoms with Gasteiger partial charge in [-0.15, -0.1) is 0 Å². The van der Waals surface area contributed by atoms with Crippen LogP contribution in [0.1, 0.15) is 30.1 Å². The first-order valence-corrected chi connectivity index (χ1v) is 7.64. The Kier molecular flexibility index (Phi) is 5.19. The van der Waals surface area contributed by atoms with E-state index in [9.17, 15) is 9.90 Å². The Morgan fingerprint density at radius 3 is 2.76 bits per heavy atom. The van der Waals surface area contributed by atoms with Gasteiger partial charge in [0.15, 0.2) is 0 Å². The fraction of sp³-hybridized carbons (Fsp3) is 0.600. The van der Waals surface area contributed by atoms with Crippen LogP contribution in [0.5, 0.6) is 0 Å². The minimum absolute atomic E-state index is 0.196. The average molecular weight is 312 g/mol. The molecule has 21 heavy (non-hydrogen) atoms. The van der Waals surface area contributed by atoms with E-state index in [1.807, 2.05) is 0 Å². The highest BCUT2D eigenvalue weighted by Crippen LogP contribution is 2.24. The van der Waals surface area contributed by atoms with Crippen LogP contribution in [0.2, 0.25) is 5.15 Å². The first-order valence-electron chi connectivity index (χ1n) is 7.26. The zero-order valence-electron chi connectivity index (χ0n) is 12.5. The lowest BCUT2D eigenvalue weighted by Gasteiger charge is -2.39. The van der Waals surface area contributed by atoms with Crippen LogP contribution in [-0.2, 0) is 0 Å². The van der Waals surface area contributed by atoms with Crippen molar-refractivity contribution in [1.82, 2.24) is 14.8 Å². The third-order valence-corrected chi connectivity index (χ3v) is 4.40. The molecule has 2 rings (SSSR count). The van der Waals surface area contributed by atoms with E-state index in [0.29, 0.717) is 24.9 Å². The molecular weight excluding hydrogens is 290 g/mol. The normalized spacial score (nSPS) is 18.5. The summed E-state index contributed by atoms with van der Waals surface area (Å²) in [7, 11) is 1.69. The lowest BCUT2D eigenvalue weighted by Crippen LogP contribution is -2.51. The number of carbonyl (C=O) groups is 1. The molecule has 0 atom stereocenters. The second kappa shape index (κ2) is 6.73. The van der Waals surface area contributed by atoms with Crippen molar-refractivity contribution in [3.8, 4) is 0 Å². The van der Waals surface area contributed by atoms with Crippen molar-refractivity contribution < 1.29 is 9.90 Å². The van der Waals surface area contributed by atoms with Crippen LogP contribution in [0.25, 0.3) is 0 Å². The van der Waals surface area contributed by atoms with Crippen molar-refractivity contribution in [2.24, 2.45) is 0 Å². The standard InChI is InChI=1S/C15H22ClN3O2/c1-3-19-9-6-15(21,7-10-19)11-18(2)14(20)12-5-4-8-17-13(12)16/h4-5,8,21H,3,6-7,9-11H2,1-2H3. The molecular formula is C15H22ClN3O2. The SMILES string of the molecule is CCN1CCC(O)(CN(C)C(=O)c2cccnc2Cl)CC1. The van der Waals surface area contributed by atoms with Crippen molar-refractivity contribution in [2.45, 2.75) is 25.4 Å². The van der Waals surface area contributed by atoms with Gasteiger partial charge in [0.25, 0.3) is 5.91 Å². The molecule has 0 unspecified atom stereocenters. The number of likely N-dealkylation sites (N-methyl/N-ethyl adjacent to an activating group) is 1. The zero-order valence-corrected chi connectivity index (χ0v) is 13.3. The molecule has 1 aromatic heterocycles. The monoisotopic (exact) mass is 311 g/mol. The summed E-state index contributed by atoms with van der Waals surface area (Å²) in [5.41, 5.74) is -0.443. The molecule has 0 radical (unpaired) electrons. The number of hydrogen-bond donors (Lipinski definition) is 1. The molecule has 0 spiro atoms. The smallest absolute Gasteiger partial charge is 0.256 e. The fourth-order valence-corrected chi connectivity index (χ4v) is 2.91. The summed E-state index contributed by atoms with van der Waals surface area (Å²) in [5, 5.41) is 10.8. The number of aliphatic hydroxyl groups is 1. The molecule has 1 aromatic rings. The Morgan fingerprint density at radius 2 is 2.19 bits per heavy atom. The minimum atomic E-state index is -0.815. The maximum atomic E-state index is 12.4. The molecule has 6 heteroatoms. The van der Waals surface area contributed by atoms with Crippen LogP contribution in [-0.4, -0.2) is 64.6 Å². The quantitative estimate of drug-likeness (QED) is 0.859. The molecule has 0 aromatic carbocycles. The van der Waals surface area contributed by atoms with Gasteiger partial charge in [0.05, 0.1) is 11.2 Å². The summed E-state index contributed by atoms with van der Waals surface area (Å²) >= 11 is 5.95. The summed E-state index contributed by atoms with van der Waals surface area (Å²) in [6.45, 7) is 5.15. The number of likely N-dealkylation sites (tertiary alicyclic amines) is 1. The van der Waals surface area contributed by atoms with Gasteiger partial charge in [-0.1, -0.05) is 18.5 Å². The molecule has 1 aliphatic heterocycles. The molecule has 1 aliphatic rings. The molecule has 0 saturated carbocycles. The highest BCUT2D eigenvalue weighted by Gasteiger charge is 2.34. The van der Waals surface area contributed by atoms with Crippen LogP contribution >= 0.6 is 11.6 Å². The number of pyridine rings is 1. The van der Waals surface area contributed by atoms with Crippen LogP contribution in [0.3, 0.4) is 0 Å². The summed E-state index contributed by atoms with van der Waals surface area (Å²) in [6.07, 6.45) is 2.91. The summed E-state index contributed by atoms with van der Waals surface area (Å²) in [5.74, 6) is -0.209. The van der Waals surface area contributed by atoms with Gasteiger partial charge in [-0.2, -0.15) is 0 Å². The third-order valence-electron chi connectivity index (χ3n) is 4.10. The van der Waals surface area contributed by atoms with Gasteiger partial charge in [-0.3, -0.25) is 4.79 Å². The van der Waals surface area contributed by atoms with Gasteiger partial charge in [0.1, 0.15) is 5.15 Å². The first-order chi connectivity index (χ1) is 9.95. The first kappa shape index (κ1) is 16.2. The van der Waals surface area contributed by atoms with Gasteiger partial charge < -0.3 is 14.9 Å². The van der Waals surface area contributed by atoms with E-state index >= 15 is 0 Å². The van der Waals surface area contributed by atoms with E-state index in [-0.39, 0.29) is 11.1 Å². The predicted molar refractivity (Wildman–Crippen MR) is 82.5 cm³/mol. The number of carbonyl (C=O) groups excluding carboxylic acids is 1. The van der Waals surface area contributed by atoms with Crippen LogP contribution < -0.4 is 0 Å². The number of hydrogen-bond acceptors (Lipinski definition) is 4. The second-order valence-electron chi connectivity index (χ2n) is 5.66. The van der Waals surface area contributed by atoms with Crippen molar-refractivity contribution in [3.05, 3.63) is 29.0 Å². The molecule has 116 valence electrons. The number of nitrogens with zero attached hydrogens (tertiary/aromatic N) is 3. The summed E-state index contributed by atoms with van der Waals surface area (Å²) in [6, 6.07) is 3.33. The molecule has 1 saturated heterocycles. The summed E-state index contributed by atoms with van der Waals surface area (Å²) < 4.78 is 0. The molecule has 1 fully saturated rings. The van der Waals surface area contributed by atoms with Gasteiger partial charge >= 0.3 is 0 Å². The largest absolute Gasteiger partial charge is 0.388 e. The number of aromatic nitrogens is 1. The number of rotatable bonds is 4. The molecule has 5 nitrogen and oxygen atoms in total. The lowest BCUT2D eigenvalue weighted by atomic mass is 9.90. The van der Waals surface area contributed by atoms with Crippen molar-refractivity contribution in [2.75, 3.05) is 33.2 Å². The molecule has 0 bridgehead atoms. The van der Waals surface area contributed by atoms with Gasteiger partial charge in [-0.05, 0) is 31.5 Å². The summed E-state index contributed by atoms with van der Waals surface area (Å²) in [4.78, 5) is 20.1. The van der Waals surface area contributed by atoms with Crippen LogP contribution in [0.15, 0.2) is 18.3 Å². The van der Waals surface area contributed by atoms with E-state index < -0.39 is 5.60 Å². The van der Waals surface area contributed by atoms with Crippen molar-refractivity contribution in [1.29, 1.82) is 0 Å². The van der Waals surface area contributed by atoms with E-state index in [0.717, 1.165) is 19.6 Å². The number of piperidine rings is 1. The maximum Gasteiger partial charge on any atom is 0.256 e. The van der Waals surface area contributed by atoms with Crippen molar-refractivity contribution in [3.63, 3.8) is 0 Å². The third kappa shape index (κ3) is 3.93. The lowest BCUT2D eigenvalue weighted by molar-refractivity contribution is -0.0365. The second-order valence-corrected chi connectivity index (χ2v) is 6.02. The van der Waals surface area contributed by atoms with E-state index in [1.54, 1.807) is 25.4 Å². The number of amides is 1. The average Bonchev–Trinajstić information content (AvgIpc) is 2.47. The van der Waals surface area contributed by atoms with E-state index in [4.69, 9.17) is 11.6 Å². The van der Waals surface area contributed by atoms with Crippen LogP contribution in [0.4, 0.5) is 0 Å². The Morgan fingerprint density at radius 1 is 1.52 bits per heavy atom. The highest BCUT2D eigenvalue weighted by atomic mass is 35.5. The van der Waals surface area contributed by atoms with E-state index in [2.05, 4.69) is 16.8 Å². The van der Waals surface area contributed by atoms with Crippen molar-refractivity contribution >= 4 is 17.5 Å². The van der Waals surface area contributed by atoms with Gasteiger partial charge in [0.2, 0.25) is 0 Å². The molecule has 2 heterocycles. The fourth-order valence-electron chi connectivity index (χ4n) is 2.71. The Labute approximate surface area is 130 Å². The predicted octanol–water partition coefficient (Wildman–Crippen LogP) is 1.65. The van der Waals surface area contributed by atoms with E-state index in [1.165, 1.54) is 4.90 Å². The van der Waals surface area contributed by atoms with Crippen LogP contribution in [0, 0.1) is 0 Å². The highest BCUT2D eigenvalue weighted by molar-refractivity contribution is 6.32. The minimum Gasteiger partial charge on any atom is -0.388 e. The van der Waals surface area contributed by atoms with Gasteiger partial charge in [0, 0.05) is 32.9 Å². The van der Waals surface area contributed by atoms with Gasteiger partial charge in [-0.25, -0.2) is 4.98 Å². The Balaban J connectivity index is 2.00. The Hall–Kier alpha value is -1.17. The maximum absolute atomic E-state index is 12.4. The molecule has 1 amide bonds. The zero-order chi connectivity index (χ0) is 15.5. The number of halogens is 1. The Bertz CT molecular complexity index is 501.